The van der Waals surface area contributed by atoms with E-state index in [0.717, 1.165) is 38.8 Å². The van der Waals surface area contributed by atoms with Crippen LogP contribution in [-0.2, 0) is 5.75 Å². The molecule has 0 spiro atoms. The van der Waals surface area contributed by atoms with Crippen molar-refractivity contribution in [3.05, 3.63) is 60.2 Å². The summed E-state index contributed by atoms with van der Waals surface area (Å²) in [6.07, 6.45) is 3.65. The van der Waals surface area contributed by atoms with Gasteiger partial charge in [-0.15, -0.1) is 5.10 Å². The Hall–Kier alpha value is -2.47. The number of rotatable bonds is 3. The number of aromatic nitrogens is 5. The molecule has 0 aliphatic heterocycles. The van der Waals surface area contributed by atoms with E-state index >= 15 is 0 Å². The molecule has 0 aliphatic rings. The maximum atomic E-state index is 4.73. The van der Waals surface area contributed by atoms with E-state index < -0.39 is 0 Å². The van der Waals surface area contributed by atoms with Crippen molar-refractivity contribution in [3.8, 4) is 0 Å². The predicted molar refractivity (Wildman–Crippen MR) is 86.8 cm³/mol. The standard InChI is InChI=1S/C16H13N5S/c1-11-18-15-13-6-2-3-7-14(13)19-16(21(15)20-11)22-10-12-5-4-8-17-9-12/h2-9H,10H2,1H3. The first-order chi connectivity index (χ1) is 10.8. The first kappa shape index (κ1) is 13.2. The van der Waals surface area contributed by atoms with Crippen molar-refractivity contribution >= 4 is 28.3 Å². The van der Waals surface area contributed by atoms with Gasteiger partial charge in [-0.25, -0.2) is 9.97 Å². The van der Waals surface area contributed by atoms with E-state index in [0.29, 0.717) is 0 Å². The lowest BCUT2D eigenvalue weighted by Gasteiger charge is -2.06. The van der Waals surface area contributed by atoms with Gasteiger partial charge in [0.2, 0.25) is 0 Å². The molecule has 0 unspecified atom stereocenters. The van der Waals surface area contributed by atoms with Crippen LogP contribution in [0.4, 0.5) is 0 Å². The van der Waals surface area contributed by atoms with Crippen molar-refractivity contribution in [1.29, 1.82) is 0 Å². The molecule has 0 saturated heterocycles. The Morgan fingerprint density at radius 1 is 1.09 bits per heavy atom. The molecule has 3 heterocycles. The third-order valence-electron chi connectivity index (χ3n) is 3.35. The minimum Gasteiger partial charge on any atom is -0.264 e. The summed E-state index contributed by atoms with van der Waals surface area (Å²) >= 11 is 1.64. The number of para-hydroxylation sites is 1. The summed E-state index contributed by atoms with van der Waals surface area (Å²) in [7, 11) is 0. The van der Waals surface area contributed by atoms with Crippen LogP contribution in [0.3, 0.4) is 0 Å². The number of nitrogens with zero attached hydrogens (tertiary/aromatic N) is 5. The van der Waals surface area contributed by atoms with E-state index in [1.807, 2.05) is 48.0 Å². The van der Waals surface area contributed by atoms with Gasteiger partial charge in [0.05, 0.1) is 5.52 Å². The van der Waals surface area contributed by atoms with Crippen molar-refractivity contribution < 1.29 is 0 Å². The summed E-state index contributed by atoms with van der Waals surface area (Å²) in [6, 6.07) is 12.0. The van der Waals surface area contributed by atoms with Crippen LogP contribution in [0, 0.1) is 6.92 Å². The van der Waals surface area contributed by atoms with E-state index in [9.17, 15) is 0 Å². The minimum absolute atomic E-state index is 0.751. The van der Waals surface area contributed by atoms with Crippen molar-refractivity contribution in [2.45, 2.75) is 17.8 Å². The molecule has 0 amide bonds. The Kier molecular flexibility index (Phi) is 3.23. The van der Waals surface area contributed by atoms with Gasteiger partial charge < -0.3 is 0 Å². The average Bonchev–Trinajstić information content (AvgIpc) is 2.95. The maximum Gasteiger partial charge on any atom is 0.191 e. The molecule has 0 atom stereocenters. The van der Waals surface area contributed by atoms with Gasteiger partial charge >= 0.3 is 0 Å². The Morgan fingerprint density at radius 3 is 2.86 bits per heavy atom. The molecule has 22 heavy (non-hydrogen) atoms. The van der Waals surface area contributed by atoms with Crippen molar-refractivity contribution in [2.75, 3.05) is 0 Å². The van der Waals surface area contributed by atoms with Crippen LogP contribution in [0.2, 0.25) is 0 Å². The smallest absolute Gasteiger partial charge is 0.191 e. The van der Waals surface area contributed by atoms with Gasteiger partial charge in [-0.05, 0) is 30.7 Å². The number of thioether (sulfide) groups is 1. The van der Waals surface area contributed by atoms with Crippen LogP contribution in [0.5, 0.6) is 0 Å². The molecule has 4 rings (SSSR count). The molecule has 0 N–H and O–H groups in total. The predicted octanol–water partition coefficient (Wildman–Crippen LogP) is 3.27. The monoisotopic (exact) mass is 307 g/mol. The third kappa shape index (κ3) is 2.31. The molecule has 6 heteroatoms. The van der Waals surface area contributed by atoms with E-state index in [2.05, 4.69) is 21.1 Å². The molecular weight excluding hydrogens is 294 g/mol. The third-order valence-corrected chi connectivity index (χ3v) is 4.35. The zero-order valence-corrected chi connectivity index (χ0v) is 12.8. The second kappa shape index (κ2) is 5.38. The molecule has 0 saturated carbocycles. The first-order valence-electron chi connectivity index (χ1n) is 6.95. The van der Waals surface area contributed by atoms with Crippen molar-refractivity contribution in [2.24, 2.45) is 0 Å². The molecule has 0 aliphatic carbocycles. The number of aryl methyl sites for hydroxylation is 1. The Balaban J connectivity index is 1.81. The zero-order valence-electron chi connectivity index (χ0n) is 12.0. The molecule has 1 aromatic carbocycles. The number of pyridine rings is 1. The van der Waals surface area contributed by atoms with E-state index in [4.69, 9.17) is 4.98 Å². The highest BCUT2D eigenvalue weighted by molar-refractivity contribution is 7.98. The summed E-state index contributed by atoms with van der Waals surface area (Å²) in [5.74, 6) is 1.55. The molecule has 3 aromatic heterocycles. The van der Waals surface area contributed by atoms with Gasteiger partial charge in [0.1, 0.15) is 5.82 Å². The number of hydrogen-bond donors (Lipinski definition) is 0. The Labute approximate surface area is 131 Å². The van der Waals surface area contributed by atoms with E-state index in [1.54, 1.807) is 18.0 Å². The van der Waals surface area contributed by atoms with E-state index in [-0.39, 0.29) is 0 Å². The quantitative estimate of drug-likeness (QED) is 0.429. The molecule has 108 valence electrons. The lowest BCUT2D eigenvalue weighted by molar-refractivity contribution is 0.797. The van der Waals surface area contributed by atoms with Gasteiger partial charge in [0.25, 0.3) is 0 Å². The lowest BCUT2D eigenvalue weighted by Crippen LogP contribution is -1.98. The highest BCUT2D eigenvalue weighted by Gasteiger charge is 2.12. The second-order valence-corrected chi connectivity index (χ2v) is 5.90. The van der Waals surface area contributed by atoms with Crippen LogP contribution in [0.1, 0.15) is 11.4 Å². The zero-order chi connectivity index (χ0) is 14.9. The fraction of sp³-hybridized carbons (Fsp3) is 0.125. The highest BCUT2D eigenvalue weighted by atomic mass is 32.2. The first-order valence-corrected chi connectivity index (χ1v) is 7.93. The fourth-order valence-electron chi connectivity index (χ4n) is 2.36. The van der Waals surface area contributed by atoms with Crippen LogP contribution in [-0.4, -0.2) is 24.6 Å². The summed E-state index contributed by atoms with van der Waals surface area (Å²) in [5, 5.41) is 6.35. The van der Waals surface area contributed by atoms with Crippen LogP contribution < -0.4 is 0 Å². The molecule has 0 fully saturated rings. The highest BCUT2D eigenvalue weighted by Crippen LogP contribution is 2.25. The summed E-state index contributed by atoms with van der Waals surface area (Å²) < 4.78 is 1.83. The van der Waals surface area contributed by atoms with Crippen molar-refractivity contribution in [3.63, 3.8) is 0 Å². The van der Waals surface area contributed by atoms with E-state index in [1.165, 1.54) is 0 Å². The van der Waals surface area contributed by atoms with Crippen LogP contribution in [0.25, 0.3) is 16.6 Å². The average molecular weight is 307 g/mol. The van der Waals surface area contributed by atoms with Crippen LogP contribution in [0.15, 0.2) is 53.9 Å². The van der Waals surface area contributed by atoms with Gasteiger partial charge in [0, 0.05) is 23.5 Å². The molecule has 0 radical (unpaired) electrons. The molecular formula is C16H13N5S. The minimum atomic E-state index is 0.751. The largest absolute Gasteiger partial charge is 0.264 e. The van der Waals surface area contributed by atoms with Gasteiger partial charge in [-0.3, -0.25) is 4.98 Å². The van der Waals surface area contributed by atoms with Gasteiger partial charge in [0.15, 0.2) is 10.8 Å². The Bertz CT molecular complexity index is 949. The second-order valence-electron chi connectivity index (χ2n) is 4.96. The van der Waals surface area contributed by atoms with Gasteiger partial charge in [-0.1, -0.05) is 30.0 Å². The van der Waals surface area contributed by atoms with Crippen LogP contribution >= 0.6 is 11.8 Å². The molecule has 0 bridgehead atoms. The Morgan fingerprint density at radius 2 is 2.00 bits per heavy atom. The topological polar surface area (TPSA) is 56.0 Å². The summed E-state index contributed by atoms with van der Waals surface area (Å²) in [4.78, 5) is 13.4. The molecule has 4 aromatic rings. The molecule has 5 nitrogen and oxygen atoms in total. The number of benzene rings is 1. The lowest BCUT2D eigenvalue weighted by atomic mass is 10.2. The maximum absolute atomic E-state index is 4.73. The summed E-state index contributed by atoms with van der Waals surface area (Å²) in [6.45, 7) is 1.90. The number of fused-ring (bicyclic) bond motifs is 3. The fourth-order valence-corrected chi connectivity index (χ4v) is 3.24. The normalized spacial score (nSPS) is 11.3. The van der Waals surface area contributed by atoms with Crippen molar-refractivity contribution in [1.82, 2.24) is 24.6 Å². The summed E-state index contributed by atoms with van der Waals surface area (Å²) in [5.41, 5.74) is 2.96. The SMILES string of the molecule is Cc1nc2c3ccccc3nc(SCc3cccnc3)n2n1. The van der Waals surface area contributed by atoms with Gasteiger partial charge in [-0.2, -0.15) is 4.52 Å². The number of hydrogen-bond acceptors (Lipinski definition) is 5.